The summed E-state index contributed by atoms with van der Waals surface area (Å²) < 4.78 is 52.1. The molecule has 2 aliphatic heterocycles. The lowest BCUT2D eigenvalue weighted by molar-refractivity contribution is -0.146. The molecule has 8 nitrogen and oxygen atoms in total. The number of amidine groups is 1. The molecule has 186 valence electrons. The Bertz CT molecular complexity index is 1180. The van der Waals surface area contributed by atoms with E-state index in [-0.39, 0.29) is 17.8 Å². The molecule has 1 aromatic carbocycles. The Morgan fingerprint density at radius 3 is 2.54 bits per heavy atom. The van der Waals surface area contributed by atoms with Crippen molar-refractivity contribution in [3.05, 3.63) is 63.5 Å². The number of methoxy groups -OCH3 is 2. The highest BCUT2D eigenvalue weighted by Gasteiger charge is 2.50. The van der Waals surface area contributed by atoms with Gasteiger partial charge in [0.25, 0.3) is 5.92 Å². The van der Waals surface area contributed by atoms with Crippen LogP contribution in [0.2, 0.25) is 0 Å². The van der Waals surface area contributed by atoms with Crippen LogP contribution in [-0.4, -0.2) is 66.9 Å². The highest BCUT2D eigenvalue weighted by Crippen LogP contribution is 2.40. The monoisotopic (exact) mass is 508 g/mol. The number of thiazole rings is 1. The van der Waals surface area contributed by atoms with Crippen molar-refractivity contribution in [2.45, 2.75) is 30.8 Å². The van der Waals surface area contributed by atoms with Crippen LogP contribution < -0.4 is 5.32 Å². The predicted octanol–water partition coefficient (Wildman–Crippen LogP) is 2.86. The lowest BCUT2D eigenvalue weighted by atomic mass is 9.82. The van der Waals surface area contributed by atoms with Crippen LogP contribution in [0, 0.1) is 5.82 Å². The summed E-state index contributed by atoms with van der Waals surface area (Å²) in [5, 5.41) is 5.29. The van der Waals surface area contributed by atoms with Crippen LogP contribution in [0.3, 0.4) is 0 Å². The predicted molar refractivity (Wildman–Crippen MR) is 122 cm³/mol. The van der Waals surface area contributed by atoms with Gasteiger partial charge in [0.05, 0.1) is 26.3 Å². The summed E-state index contributed by atoms with van der Waals surface area (Å²) >= 11 is 1.29. The van der Waals surface area contributed by atoms with Gasteiger partial charge in [-0.05, 0) is 24.6 Å². The first-order valence-electron chi connectivity index (χ1n) is 10.6. The number of nitrogens with one attached hydrogen (secondary N) is 1. The third-order valence-electron chi connectivity index (χ3n) is 6.03. The molecule has 1 N–H and O–H groups in total. The molecule has 1 aromatic heterocycles. The molecule has 3 heterocycles. The molecule has 0 aliphatic carbocycles. The zero-order valence-electron chi connectivity index (χ0n) is 19.2. The zero-order valence-corrected chi connectivity index (χ0v) is 20.0. The molecule has 2 aromatic rings. The highest BCUT2D eigenvalue weighted by atomic mass is 32.1. The number of nitrogens with zero attached hydrogens (tertiary/aromatic N) is 3. The van der Waals surface area contributed by atoms with Gasteiger partial charge in [0, 0.05) is 30.2 Å². The molecule has 0 saturated carbocycles. The molecule has 2 atom stereocenters. The van der Waals surface area contributed by atoms with E-state index in [1.807, 2.05) is 0 Å². The second kappa shape index (κ2) is 9.42. The minimum atomic E-state index is -3.12. The van der Waals surface area contributed by atoms with Gasteiger partial charge in [-0.15, -0.1) is 11.3 Å². The van der Waals surface area contributed by atoms with Crippen LogP contribution in [0.1, 0.15) is 23.9 Å². The summed E-state index contributed by atoms with van der Waals surface area (Å²) in [7, 11) is 2.33. The number of carbonyl (C=O) groups excluding carboxylic acids is 2. The summed E-state index contributed by atoms with van der Waals surface area (Å²) in [6, 6.07) is 4.26. The summed E-state index contributed by atoms with van der Waals surface area (Å²) in [6.45, 7) is 0.724. The number of aromatic nitrogens is 1. The molecule has 2 aliphatic rings. The van der Waals surface area contributed by atoms with Crippen LogP contribution in [0.5, 0.6) is 0 Å². The number of esters is 2. The first-order valence-corrected chi connectivity index (χ1v) is 11.5. The van der Waals surface area contributed by atoms with Gasteiger partial charge < -0.3 is 14.8 Å². The fourth-order valence-electron chi connectivity index (χ4n) is 4.40. The topological polar surface area (TPSA) is 93.1 Å². The average molecular weight is 509 g/mol. The molecule has 1 fully saturated rings. The van der Waals surface area contributed by atoms with Gasteiger partial charge in [-0.3, -0.25) is 9.69 Å². The molecule has 0 bridgehead atoms. The molecule has 0 amide bonds. The number of ether oxygens (including phenoxy) is 2. The van der Waals surface area contributed by atoms with Crippen molar-refractivity contribution in [2.75, 3.05) is 27.3 Å². The van der Waals surface area contributed by atoms with Gasteiger partial charge in [-0.1, -0.05) is 12.1 Å². The van der Waals surface area contributed by atoms with Gasteiger partial charge in [-0.2, -0.15) is 0 Å². The second-order valence-corrected chi connectivity index (χ2v) is 9.25. The first-order chi connectivity index (χ1) is 16.6. The Labute approximate surface area is 203 Å². The van der Waals surface area contributed by atoms with Crippen LogP contribution in [0.15, 0.2) is 52.1 Å². The molecule has 4 rings (SSSR count). The number of carbonyl (C=O) groups is 2. The lowest BCUT2D eigenvalue weighted by Gasteiger charge is -2.36. The standard InChI is InChI=1S/C23H23F3N4O4S/c1-22(13-4-6-14(24)7-5-13)17(21(32)34-3)15(28-18(29-22)19-27-8-9-35-19)11-30-12-23(25,26)10-16(30)20(31)33-2/h4-9,16H,10-12H2,1-3H3,(H,28,29)/t16-,22-/m0/s1. The molecule has 0 unspecified atom stereocenters. The Kier molecular flexibility index (Phi) is 6.69. The maximum absolute atomic E-state index is 14.3. The summed E-state index contributed by atoms with van der Waals surface area (Å²) in [5.41, 5.74) is -0.629. The lowest BCUT2D eigenvalue weighted by Crippen LogP contribution is -2.47. The van der Waals surface area contributed by atoms with Crippen LogP contribution in [-0.2, 0) is 24.6 Å². The number of hydrogen-bond acceptors (Lipinski definition) is 9. The summed E-state index contributed by atoms with van der Waals surface area (Å²) in [5.74, 6) is -4.84. The van der Waals surface area contributed by atoms with Crippen molar-refractivity contribution >= 4 is 29.1 Å². The van der Waals surface area contributed by atoms with E-state index in [1.54, 1.807) is 18.5 Å². The second-order valence-electron chi connectivity index (χ2n) is 8.35. The maximum Gasteiger partial charge on any atom is 0.338 e. The van der Waals surface area contributed by atoms with Crippen molar-refractivity contribution in [3.8, 4) is 0 Å². The van der Waals surface area contributed by atoms with E-state index in [0.717, 1.165) is 7.11 Å². The van der Waals surface area contributed by atoms with Crippen molar-refractivity contribution in [1.29, 1.82) is 0 Å². The molecule has 0 spiro atoms. The number of likely N-dealkylation sites (tertiary alicyclic amines) is 1. The quantitative estimate of drug-likeness (QED) is 0.600. The Balaban J connectivity index is 1.86. The third-order valence-corrected chi connectivity index (χ3v) is 6.81. The fourth-order valence-corrected chi connectivity index (χ4v) is 4.98. The smallest absolute Gasteiger partial charge is 0.338 e. The van der Waals surface area contributed by atoms with E-state index in [1.165, 1.54) is 47.6 Å². The van der Waals surface area contributed by atoms with Crippen molar-refractivity contribution in [1.82, 2.24) is 15.2 Å². The van der Waals surface area contributed by atoms with E-state index in [9.17, 15) is 22.8 Å². The Morgan fingerprint density at radius 2 is 1.94 bits per heavy atom. The summed E-state index contributed by atoms with van der Waals surface area (Å²) in [4.78, 5) is 35.6. The largest absolute Gasteiger partial charge is 0.468 e. The van der Waals surface area contributed by atoms with Gasteiger partial charge >= 0.3 is 11.9 Å². The van der Waals surface area contributed by atoms with E-state index in [0.29, 0.717) is 16.4 Å². The Hall–Kier alpha value is -3.25. The van der Waals surface area contributed by atoms with Gasteiger partial charge in [-0.25, -0.2) is 27.9 Å². The van der Waals surface area contributed by atoms with Gasteiger partial charge in [0.15, 0.2) is 10.8 Å². The van der Waals surface area contributed by atoms with Crippen LogP contribution in [0.4, 0.5) is 13.2 Å². The maximum atomic E-state index is 14.3. The van der Waals surface area contributed by atoms with E-state index >= 15 is 0 Å². The SMILES string of the molecule is COC(=O)C1=C(CN2CC(F)(F)C[C@H]2C(=O)OC)NC(c2nccs2)=N[C@@]1(C)c1ccc(F)cc1. The van der Waals surface area contributed by atoms with Crippen molar-refractivity contribution in [3.63, 3.8) is 0 Å². The highest BCUT2D eigenvalue weighted by molar-refractivity contribution is 7.11. The molecular formula is C23H23F3N4O4S. The van der Waals surface area contributed by atoms with Crippen LogP contribution >= 0.6 is 11.3 Å². The fraction of sp³-hybridized carbons (Fsp3) is 0.391. The minimum Gasteiger partial charge on any atom is -0.468 e. The molecule has 35 heavy (non-hydrogen) atoms. The van der Waals surface area contributed by atoms with Crippen molar-refractivity contribution < 1.29 is 32.2 Å². The first kappa shape index (κ1) is 24.9. The normalized spacial score (nSPS) is 24.1. The number of hydrogen-bond donors (Lipinski definition) is 1. The Morgan fingerprint density at radius 1 is 1.23 bits per heavy atom. The van der Waals surface area contributed by atoms with Crippen molar-refractivity contribution in [2.24, 2.45) is 4.99 Å². The number of alkyl halides is 2. The number of benzene rings is 1. The number of aliphatic imine (C=N–C) groups is 1. The molecule has 0 radical (unpaired) electrons. The molecule has 12 heteroatoms. The molecule has 1 saturated heterocycles. The zero-order chi connectivity index (χ0) is 25.4. The summed E-state index contributed by atoms with van der Waals surface area (Å²) in [6.07, 6.45) is 0.871. The minimum absolute atomic E-state index is 0.0470. The third kappa shape index (κ3) is 4.80. The number of halogens is 3. The van der Waals surface area contributed by atoms with Crippen LogP contribution in [0.25, 0.3) is 0 Å². The number of rotatable bonds is 6. The van der Waals surface area contributed by atoms with Gasteiger partial charge in [0.2, 0.25) is 0 Å². The van der Waals surface area contributed by atoms with E-state index < -0.39 is 48.2 Å². The molecular weight excluding hydrogens is 485 g/mol. The average Bonchev–Trinajstić information content (AvgIpc) is 3.46. The van der Waals surface area contributed by atoms with E-state index in [2.05, 4.69) is 10.3 Å². The van der Waals surface area contributed by atoms with Gasteiger partial charge in [0.1, 0.15) is 17.4 Å². The van der Waals surface area contributed by atoms with E-state index in [4.69, 9.17) is 14.5 Å².